The Hall–Kier alpha value is -2.56. The first-order valence-electron chi connectivity index (χ1n) is 7.24. The second-order valence-corrected chi connectivity index (χ2v) is 5.36. The fourth-order valence-electron chi connectivity index (χ4n) is 1.92. The van der Waals surface area contributed by atoms with Gasteiger partial charge in [-0.2, -0.15) is 0 Å². The first-order chi connectivity index (χ1) is 10.6. The van der Waals surface area contributed by atoms with Crippen molar-refractivity contribution in [1.82, 2.24) is 10.3 Å². The van der Waals surface area contributed by atoms with Crippen molar-refractivity contribution < 1.29 is 9.53 Å². The van der Waals surface area contributed by atoms with Crippen LogP contribution in [0.5, 0.6) is 5.75 Å². The van der Waals surface area contributed by atoms with Crippen LogP contribution in [0, 0.1) is 5.92 Å². The summed E-state index contributed by atoms with van der Waals surface area (Å²) in [6, 6.07) is 11.1. The molecule has 0 saturated heterocycles. The van der Waals surface area contributed by atoms with E-state index in [2.05, 4.69) is 15.6 Å². The van der Waals surface area contributed by atoms with Gasteiger partial charge in [-0.05, 0) is 30.2 Å². The van der Waals surface area contributed by atoms with Gasteiger partial charge in [0.25, 0.3) is 5.91 Å². The smallest absolute Gasteiger partial charge is 0.269 e. The highest BCUT2D eigenvalue weighted by Crippen LogP contribution is 2.26. The number of hydrogen-bond donors (Lipinski definition) is 2. The van der Waals surface area contributed by atoms with Gasteiger partial charge in [0.2, 0.25) is 0 Å². The van der Waals surface area contributed by atoms with Gasteiger partial charge >= 0.3 is 0 Å². The van der Waals surface area contributed by atoms with Crippen molar-refractivity contribution in [2.24, 2.45) is 5.92 Å². The third-order valence-corrected chi connectivity index (χ3v) is 3.05. The van der Waals surface area contributed by atoms with Gasteiger partial charge in [-0.3, -0.25) is 9.78 Å². The predicted octanol–water partition coefficient (Wildman–Crippen LogP) is 3.22. The topological polar surface area (TPSA) is 63.2 Å². The van der Waals surface area contributed by atoms with E-state index in [-0.39, 0.29) is 5.91 Å². The number of nitrogens with one attached hydrogen (secondary N) is 2. The van der Waals surface area contributed by atoms with E-state index >= 15 is 0 Å². The SMILES string of the molecule is COc1ccccc1Nc1ccnc(C(=O)NCC(C)C)c1. The van der Waals surface area contributed by atoms with E-state index in [1.165, 1.54) is 0 Å². The molecule has 22 heavy (non-hydrogen) atoms. The number of aromatic nitrogens is 1. The summed E-state index contributed by atoms with van der Waals surface area (Å²) in [5.74, 6) is 0.973. The molecule has 1 amide bonds. The fourth-order valence-corrected chi connectivity index (χ4v) is 1.92. The summed E-state index contributed by atoms with van der Waals surface area (Å²) in [4.78, 5) is 16.2. The van der Waals surface area contributed by atoms with Crippen molar-refractivity contribution in [3.8, 4) is 5.75 Å². The fraction of sp³-hybridized carbons (Fsp3) is 0.294. The minimum absolute atomic E-state index is 0.169. The van der Waals surface area contributed by atoms with Crippen LogP contribution in [0.15, 0.2) is 42.6 Å². The van der Waals surface area contributed by atoms with E-state index in [0.717, 1.165) is 17.1 Å². The molecule has 0 spiro atoms. The number of methoxy groups -OCH3 is 1. The Labute approximate surface area is 130 Å². The summed E-state index contributed by atoms with van der Waals surface area (Å²) in [5.41, 5.74) is 2.01. The molecule has 0 unspecified atom stereocenters. The highest BCUT2D eigenvalue weighted by molar-refractivity contribution is 5.93. The molecule has 2 rings (SSSR count). The van der Waals surface area contributed by atoms with Gasteiger partial charge in [-0.1, -0.05) is 26.0 Å². The third-order valence-electron chi connectivity index (χ3n) is 3.05. The molecule has 1 aromatic carbocycles. The summed E-state index contributed by atoms with van der Waals surface area (Å²) in [6.07, 6.45) is 1.61. The summed E-state index contributed by atoms with van der Waals surface area (Å²) in [7, 11) is 1.62. The van der Waals surface area contributed by atoms with Crippen LogP contribution in [0.25, 0.3) is 0 Å². The zero-order valence-electron chi connectivity index (χ0n) is 13.1. The number of rotatable bonds is 6. The number of ether oxygens (including phenoxy) is 1. The second kappa shape index (κ2) is 7.45. The first-order valence-corrected chi connectivity index (χ1v) is 7.24. The van der Waals surface area contributed by atoms with Crippen molar-refractivity contribution >= 4 is 17.3 Å². The quantitative estimate of drug-likeness (QED) is 0.859. The average molecular weight is 299 g/mol. The van der Waals surface area contributed by atoms with Crippen LogP contribution >= 0.6 is 0 Å². The minimum atomic E-state index is -0.169. The Bertz CT molecular complexity index is 641. The lowest BCUT2D eigenvalue weighted by Crippen LogP contribution is -2.28. The molecular weight excluding hydrogens is 278 g/mol. The Morgan fingerprint density at radius 2 is 2.05 bits per heavy atom. The van der Waals surface area contributed by atoms with Gasteiger partial charge in [-0.25, -0.2) is 0 Å². The Kier molecular flexibility index (Phi) is 5.36. The van der Waals surface area contributed by atoms with Gasteiger partial charge < -0.3 is 15.4 Å². The van der Waals surface area contributed by atoms with Crippen LogP contribution in [0.3, 0.4) is 0 Å². The van der Waals surface area contributed by atoms with E-state index in [0.29, 0.717) is 18.2 Å². The van der Waals surface area contributed by atoms with Crippen LogP contribution in [-0.4, -0.2) is 24.5 Å². The third kappa shape index (κ3) is 4.22. The maximum absolute atomic E-state index is 12.1. The van der Waals surface area contributed by atoms with Gasteiger partial charge in [0.05, 0.1) is 12.8 Å². The normalized spacial score (nSPS) is 10.4. The highest BCUT2D eigenvalue weighted by atomic mass is 16.5. The number of pyridine rings is 1. The van der Waals surface area contributed by atoms with Crippen LogP contribution < -0.4 is 15.4 Å². The van der Waals surface area contributed by atoms with Gasteiger partial charge in [-0.15, -0.1) is 0 Å². The van der Waals surface area contributed by atoms with Crippen LogP contribution in [0.2, 0.25) is 0 Å². The lowest BCUT2D eigenvalue weighted by atomic mass is 10.2. The minimum Gasteiger partial charge on any atom is -0.495 e. The molecule has 2 N–H and O–H groups in total. The van der Waals surface area contributed by atoms with Crippen molar-refractivity contribution in [3.05, 3.63) is 48.3 Å². The zero-order valence-corrected chi connectivity index (χ0v) is 13.1. The maximum Gasteiger partial charge on any atom is 0.269 e. The number of hydrogen-bond acceptors (Lipinski definition) is 4. The second-order valence-electron chi connectivity index (χ2n) is 5.36. The van der Waals surface area contributed by atoms with Crippen LogP contribution in [-0.2, 0) is 0 Å². The van der Waals surface area contributed by atoms with Crippen molar-refractivity contribution in [3.63, 3.8) is 0 Å². The number of carbonyl (C=O) groups excluding carboxylic acids is 1. The summed E-state index contributed by atoms with van der Waals surface area (Å²) in [6.45, 7) is 4.73. The molecule has 0 saturated carbocycles. The number of amides is 1. The molecule has 0 radical (unpaired) electrons. The molecule has 2 aromatic rings. The summed E-state index contributed by atoms with van der Waals surface area (Å²) < 4.78 is 5.30. The van der Waals surface area contributed by atoms with E-state index in [4.69, 9.17) is 4.74 Å². The van der Waals surface area contributed by atoms with E-state index < -0.39 is 0 Å². The molecule has 1 aromatic heterocycles. The molecule has 0 aliphatic carbocycles. The van der Waals surface area contributed by atoms with Crippen molar-refractivity contribution in [2.45, 2.75) is 13.8 Å². The summed E-state index contributed by atoms with van der Waals surface area (Å²) in [5, 5.41) is 6.10. The standard InChI is InChI=1S/C17H21N3O2/c1-12(2)11-19-17(21)15-10-13(8-9-18-15)20-14-6-4-5-7-16(14)22-3/h4-10,12H,11H2,1-3H3,(H,18,20)(H,19,21). The number of anilines is 2. The van der Waals surface area contributed by atoms with Gasteiger partial charge in [0, 0.05) is 18.4 Å². The van der Waals surface area contributed by atoms with E-state index in [9.17, 15) is 4.79 Å². The zero-order chi connectivity index (χ0) is 15.9. The molecule has 0 atom stereocenters. The van der Waals surface area contributed by atoms with E-state index in [1.54, 1.807) is 19.4 Å². The van der Waals surface area contributed by atoms with Crippen molar-refractivity contribution in [1.29, 1.82) is 0 Å². The maximum atomic E-state index is 12.1. The molecule has 116 valence electrons. The largest absolute Gasteiger partial charge is 0.495 e. The van der Waals surface area contributed by atoms with Gasteiger partial charge in [0.15, 0.2) is 0 Å². The monoisotopic (exact) mass is 299 g/mol. The average Bonchev–Trinajstić information content (AvgIpc) is 2.53. The molecule has 0 bridgehead atoms. The Morgan fingerprint density at radius 1 is 1.27 bits per heavy atom. The molecule has 0 fully saturated rings. The molecule has 0 aliphatic heterocycles. The van der Waals surface area contributed by atoms with Gasteiger partial charge in [0.1, 0.15) is 11.4 Å². The van der Waals surface area contributed by atoms with Crippen molar-refractivity contribution in [2.75, 3.05) is 19.0 Å². The molecule has 1 heterocycles. The number of benzene rings is 1. The lowest BCUT2D eigenvalue weighted by molar-refractivity contribution is 0.0944. The number of carbonyl (C=O) groups is 1. The first kappa shape index (κ1) is 15.8. The predicted molar refractivity (Wildman–Crippen MR) is 87.7 cm³/mol. The Morgan fingerprint density at radius 3 is 2.77 bits per heavy atom. The summed E-state index contributed by atoms with van der Waals surface area (Å²) >= 11 is 0. The molecule has 0 aliphatic rings. The Balaban J connectivity index is 2.13. The molecular formula is C17H21N3O2. The highest BCUT2D eigenvalue weighted by Gasteiger charge is 2.09. The van der Waals surface area contributed by atoms with E-state index in [1.807, 2.05) is 44.2 Å². The number of nitrogens with zero attached hydrogens (tertiary/aromatic N) is 1. The molecule has 5 nitrogen and oxygen atoms in total. The van der Waals surface area contributed by atoms with Crippen LogP contribution in [0.4, 0.5) is 11.4 Å². The molecule has 5 heteroatoms. The lowest BCUT2D eigenvalue weighted by Gasteiger charge is -2.12. The van der Waals surface area contributed by atoms with Crippen LogP contribution in [0.1, 0.15) is 24.3 Å². The number of para-hydroxylation sites is 2.